The van der Waals surface area contributed by atoms with Crippen molar-refractivity contribution in [3.05, 3.63) is 35.6 Å². The zero-order valence-electron chi connectivity index (χ0n) is 10.5. The summed E-state index contributed by atoms with van der Waals surface area (Å²) < 4.78 is 13.6. The topological polar surface area (TPSA) is 40.5 Å². The van der Waals surface area contributed by atoms with Crippen LogP contribution in [0.25, 0.3) is 0 Å². The molecule has 0 heterocycles. The summed E-state index contributed by atoms with van der Waals surface area (Å²) in [5, 5.41) is 8.91. The van der Waals surface area contributed by atoms with Crippen LogP contribution in [0.4, 0.5) is 4.39 Å². The molecule has 1 unspecified atom stereocenters. The van der Waals surface area contributed by atoms with E-state index in [1.54, 1.807) is 12.1 Å². The van der Waals surface area contributed by atoms with E-state index in [1.165, 1.54) is 6.07 Å². The van der Waals surface area contributed by atoms with Crippen LogP contribution < -0.4 is 0 Å². The molecule has 18 heavy (non-hydrogen) atoms. The maximum atomic E-state index is 13.6. The fourth-order valence-corrected chi connectivity index (χ4v) is 2.31. The van der Waals surface area contributed by atoms with Crippen LogP contribution >= 0.6 is 0 Å². The Morgan fingerprint density at radius 3 is 2.72 bits per heavy atom. The van der Waals surface area contributed by atoms with Gasteiger partial charge in [-0.15, -0.1) is 0 Å². The molecule has 0 spiro atoms. The van der Waals surface area contributed by atoms with E-state index in [4.69, 9.17) is 5.11 Å². The molecule has 1 aliphatic rings. The minimum Gasteiger partial charge on any atom is -0.480 e. The average Bonchev–Trinajstić information content (AvgIpc) is 3.12. The van der Waals surface area contributed by atoms with E-state index >= 15 is 0 Å². The standard InChI is InChI=1S/C14H18FNO2/c1-10(8-11-4-2-3-5-13(11)15)16(9-14(17)18)12-6-7-12/h2-5,10,12H,6-9H2,1H3,(H,17,18). The van der Waals surface area contributed by atoms with Crippen molar-refractivity contribution in [2.45, 2.75) is 38.3 Å². The number of carboxylic acid groups (broad SMARTS) is 1. The Bertz CT molecular complexity index is 432. The molecule has 0 radical (unpaired) electrons. The summed E-state index contributed by atoms with van der Waals surface area (Å²) in [6.07, 6.45) is 2.65. The van der Waals surface area contributed by atoms with Gasteiger partial charge in [-0.3, -0.25) is 9.69 Å². The Morgan fingerprint density at radius 1 is 1.50 bits per heavy atom. The molecule has 0 bridgehead atoms. The van der Waals surface area contributed by atoms with Gasteiger partial charge in [0.05, 0.1) is 6.54 Å². The minimum atomic E-state index is -0.817. The van der Waals surface area contributed by atoms with E-state index in [0.717, 1.165) is 12.8 Å². The molecule has 0 aromatic heterocycles. The van der Waals surface area contributed by atoms with Crippen molar-refractivity contribution in [3.63, 3.8) is 0 Å². The quantitative estimate of drug-likeness (QED) is 0.843. The Kier molecular flexibility index (Phi) is 3.97. The summed E-state index contributed by atoms with van der Waals surface area (Å²) in [5.41, 5.74) is 0.654. The number of carbonyl (C=O) groups is 1. The van der Waals surface area contributed by atoms with Crippen LogP contribution in [0.3, 0.4) is 0 Å². The van der Waals surface area contributed by atoms with E-state index in [-0.39, 0.29) is 18.4 Å². The molecule has 1 aromatic rings. The number of halogens is 1. The van der Waals surface area contributed by atoms with Gasteiger partial charge in [-0.2, -0.15) is 0 Å². The van der Waals surface area contributed by atoms with Gasteiger partial charge in [-0.1, -0.05) is 18.2 Å². The van der Waals surface area contributed by atoms with Crippen molar-refractivity contribution in [1.82, 2.24) is 4.90 Å². The summed E-state index contributed by atoms with van der Waals surface area (Å²) in [6, 6.07) is 7.09. The van der Waals surface area contributed by atoms with E-state index in [9.17, 15) is 9.18 Å². The van der Waals surface area contributed by atoms with Crippen LogP contribution in [0.5, 0.6) is 0 Å². The Balaban J connectivity index is 2.02. The van der Waals surface area contributed by atoms with E-state index < -0.39 is 5.97 Å². The molecule has 4 heteroatoms. The lowest BCUT2D eigenvalue weighted by Gasteiger charge is -2.27. The second-order valence-electron chi connectivity index (χ2n) is 4.94. The molecule has 1 fully saturated rings. The molecule has 0 amide bonds. The van der Waals surface area contributed by atoms with Crippen molar-refractivity contribution in [3.8, 4) is 0 Å². The maximum absolute atomic E-state index is 13.6. The number of carboxylic acids is 1. The smallest absolute Gasteiger partial charge is 0.317 e. The molecule has 0 aliphatic heterocycles. The van der Waals surface area contributed by atoms with Crippen molar-refractivity contribution < 1.29 is 14.3 Å². The van der Waals surface area contributed by atoms with E-state index in [2.05, 4.69) is 0 Å². The average molecular weight is 251 g/mol. The third kappa shape index (κ3) is 3.29. The first kappa shape index (κ1) is 13.0. The highest BCUT2D eigenvalue weighted by Crippen LogP contribution is 2.29. The van der Waals surface area contributed by atoms with Crippen LogP contribution in [-0.4, -0.2) is 34.6 Å². The van der Waals surface area contributed by atoms with Crippen LogP contribution in [0.1, 0.15) is 25.3 Å². The summed E-state index contributed by atoms with van der Waals surface area (Å²) in [4.78, 5) is 12.8. The van der Waals surface area contributed by atoms with E-state index in [1.807, 2.05) is 17.9 Å². The fraction of sp³-hybridized carbons (Fsp3) is 0.500. The van der Waals surface area contributed by atoms with Crippen molar-refractivity contribution in [1.29, 1.82) is 0 Å². The van der Waals surface area contributed by atoms with Crippen LogP contribution in [0.2, 0.25) is 0 Å². The molecule has 98 valence electrons. The largest absolute Gasteiger partial charge is 0.480 e. The molecule has 1 saturated carbocycles. The molecule has 2 rings (SSSR count). The zero-order chi connectivity index (χ0) is 13.1. The molecule has 1 aliphatic carbocycles. The summed E-state index contributed by atoms with van der Waals surface area (Å²) in [5.74, 6) is -1.03. The SMILES string of the molecule is CC(Cc1ccccc1F)N(CC(=O)O)C1CC1. The molecule has 1 aromatic carbocycles. The van der Waals surface area contributed by atoms with Crippen LogP contribution in [0, 0.1) is 5.82 Å². The monoisotopic (exact) mass is 251 g/mol. The highest BCUT2D eigenvalue weighted by atomic mass is 19.1. The number of benzene rings is 1. The van der Waals surface area contributed by atoms with Crippen LogP contribution in [0.15, 0.2) is 24.3 Å². The second-order valence-corrected chi connectivity index (χ2v) is 4.94. The summed E-state index contributed by atoms with van der Waals surface area (Å²) in [7, 11) is 0. The first-order valence-corrected chi connectivity index (χ1v) is 6.29. The Morgan fingerprint density at radius 2 is 2.17 bits per heavy atom. The molecular formula is C14H18FNO2. The number of nitrogens with zero attached hydrogens (tertiary/aromatic N) is 1. The van der Waals surface area contributed by atoms with Gasteiger partial charge < -0.3 is 5.11 Å². The highest BCUT2D eigenvalue weighted by Gasteiger charge is 2.33. The van der Waals surface area contributed by atoms with Gasteiger partial charge in [-0.05, 0) is 37.8 Å². The van der Waals surface area contributed by atoms with Crippen molar-refractivity contribution in [2.75, 3.05) is 6.54 Å². The summed E-state index contributed by atoms with van der Waals surface area (Å²) in [6.45, 7) is 2.01. The number of rotatable bonds is 6. The maximum Gasteiger partial charge on any atom is 0.317 e. The van der Waals surface area contributed by atoms with Crippen molar-refractivity contribution >= 4 is 5.97 Å². The molecule has 1 atom stereocenters. The predicted molar refractivity (Wildman–Crippen MR) is 66.9 cm³/mol. The second kappa shape index (κ2) is 5.48. The fourth-order valence-electron chi connectivity index (χ4n) is 2.31. The highest BCUT2D eigenvalue weighted by molar-refractivity contribution is 5.69. The van der Waals surface area contributed by atoms with Gasteiger partial charge in [0.2, 0.25) is 0 Å². The summed E-state index contributed by atoms with van der Waals surface area (Å²) >= 11 is 0. The lowest BCUT2D eigenvalue weighted by atomic mass is 10.1. The lowest BCUT2D eigenvalue weighted by molar-refractivity contribution is -0.139. The number of hydrogen-bond donors (Lipinski definition) is 1. The Labute approximate surface area is 106 Å². The number of aliphatic carboxylic acids is 1. The first-order chi connectivity index (χ1) is 8.58. The molecule has 0 saturated heterocycles. The Hall–Kier alpha value is -1.42. The first-order valence-electron chi connectivity index (χ1n) is 6.29. The van der Waals surface area contributed by atoms with E-state index in [0.29, 0.717) is 18.0 Å². The molecule has 1 N–H and O–H groups in total. The van der Waals surface area contributed by atoms with Gasteiger partial charge >= 0.3 is 5.97 Å². The predicted octanol–water partition coefficient (Wildman–Crippen LogP) is 2.31. The van der Waals surface area contributed by atoms with Gasteiger partial charge in [0.25, 0.3) is 0 Å². The molecular weight excluding hydrogens is 233 g/mol. The van der Waals surface area contributed by atoms with Gasteiger partial charge in [0.15, 0.2) is 0 Å². The zero-order valence-corrected chi connectivity index (χ0v) is 10.5. The van der Waals surface area contributed by atoms with Gasteiger partial charge in [0, 0.05) is 12.1 Å². The third-order valence-electron chi connectivity index (χ3n) is 3.37. The third-order valence-corrected chi connectivity index (χ3v) is 3.37. The lowest BCUT2D eigenvalue weighted by Crippen LogP contribution is -2.40. The number of hydrogen-bond acceptors (Lipinski definition) is 2. The van der Waals surface area contributed by atoms with Gasteiger partial charge in [-0.25, -0.2) is 4.39 Å². The van der Waals surface area contributed by atoms with Crippen molar-refractivity contribution in [2.24, 2.45) is 0 Å². The normalized spacial score (nSPS) is 16.8. The molecule has 3 nitrogen and oxygen atoms in total. The minimum absolute atomic E-state index is 0.0420. The van der Waals surface area contributed by atoms with Gasteiger partial charge in [0.1, 0.15) is 5.82 Å². The van der Waals surface area contributed by atoms with Crippen LogP contribution in [-0.2, 0) is 11.2 Å².